The highest BCUT2D eigenvalue weighted by Crippen LogP contribution is 2.32. The fourth-order valence-corrected chi connectivity index (χ4v) is 3.45. The second-order valence-electron chi connectivity index (χ2n) is 6.62. The predicted molar refractivity (Wildman–Crippen MR) is 97.3 cm³/mol. The Hall–Kier alpha value is -3.35. The lowest BCUT2D eigenvalue weighted by atomic mass is 9.80. The number of anilines is 1. The molecule has 2 aromatic rings. The quantitative estimate of drug-likeness (QED) is 0.813. The third kappa shape index (κ3) is 3.36. The average molecular weight is 365 g/mol. The number of allylic oxidation sites excluding steroid dienone is 2. The van der Waals surface area contributed by atoms with Crippen LogP contribution in [-0.4, -0.2) is 17.7 Å². The number of rotatable bonds is 4. The van der Waals surface area contributed by atoms with Gasteiger partial charge in [-0.3, -0.25) is 19.8 Å². The van der Waals surface area contributed by atoms with Gasteiger partial charge in [-0.1, -0.05) is 18.2 Å². The molecule has 1 saturated heterocycles. The third-order valence-electron chi connectivity index (χ3n) is 4.90. The highest BCUT2D eigenvalue weighted by Gasteiger charge is 2.42. The van der Waals surface area contributed by atoms with Crippen LogP contribution in [0.4, 0.5) is 5.69 Å². The number of carbonyl (C=O) groups is 3. The molecule has 2 N–H and O–H groups in total. The molecule has 4 rings (SSSR count). The van der Waals surface area contributed by atoms with Crippen molar-refractivity contribution in [3.63, 3.8) is 0 Å². The van der Waals surface area contributed by atoms with E-state index in [1.807, 2.05) is 12.2 Å². The van der Waals surface area contributed by atoms with Crippen molar-refractivity contribution in [2.45, 2.75) is 19.4 Å². The van der Waals surface area contributed by atoms with Gasteiger partial charge in [0.2, 0.25) is 11.8 Å². The smallest absolute Gasteiger partial charge is 0.251 e. The summed E-state index contributed by atoms with van der Waals surface area (Å²) in [5.74, 6) is -0.649. The molecule has 1 aromatic heterocycles. The van der Waals surface area contributed by atoms with Crippen LogP contribution in [0, 0.1) is 11.8 Å². The second-order valence-corrected chi connectivity index (χ2v) is 6.62. The fraction of sp³-hybridized carbons (Fsp3) is 0.250. The molecule has 7 heteroatoms. The Morgan fingerprint density at radius 2 is 1.96 bits per heavy atom. The van der Waals surface area contributed by atoms with E-state index in [0.29, 0.717) is 29.9 Å². The first kappa shape index (κ1) is 17.1. The lowest BCUT2D eigenvalue weighted by Gasteiger charge is -2.38. The van der Waals surface area contributed by atoms with E-state index >= 15 is 0 Å². The number of benzene rings is 1. The first-order valence-corrected chi connectivity index (χ1v) is 8.83. The summed E-state index contributed by atoms with van der Waals surface area (Å²) in [5, 5.41) is 4.02. The molecule has 1 aliphatic heterocycles. The van der Waals surface area contributed by atoms with E-state index in [-0.39, 0.29) is 36.1 Å². The van der Waals surface area contributed by atoms with E-state index in [1.54, 1.807) is 42.7 Å². The molecule has 1 fully saturated rings. The van der Waals surface area contributed by atoms with Gasteiger partial charge in [-0.2, -0.15) is 0 Å². The summed E-state index contributed by atoms with van der Waals surface area (Å²) < 4.78 is 5.19. The van der Waals surface area contributed by atoms with Crippen molar-refractivity contribution in [1.29, 1.82) is 0 Å². The van der Waals surface area contributed by atoms with Gasteiger partial charge < -0.3 is 9.73 Å². The van der Waals surface area contributed by atoms with Crippen molar-refractivity contribution < 1.29 is 18.8 Å². The van der Waals surface area contributed by atoms with Gasteiger partial charge in [-0.05, 0) is 43.2 Å². The van der Waals surface area contributed by atoms with Crippen LogP contribution in [0.3, 0.4) is 0 Å². The van der Waals surface area contributed by atoms with E-state index in [4.69, 9.17) is 4.42 Å². The summed E-state index contributed by atoms with van der Waals surface area (Å²) in [7, 11) is 0. The Labute approximate surface area is 156 Å². The van der Waals surface area contributed by atoms with Crippen LogP contribution >= 0.6 is 0 Å². The lowest BCUT2D eigenvalue weighted by molar-refractivity contribution is -0.139. The average Bonchev–Trinajstić information content (AvgIpc) is 3.23. The Morgan fingerprint density at radius 1 is 1.15 bits per heavy atom. The molecule has 0 saturated carbocycles. The van der Waals surface area contributed by atoms with Crippen LogP contribution in [0.15, 0.2) is 59.2 Å². The lowest BCUT2D eigenvalue weighted by Crippen LogP contribution is -2.59. The zero-order chi connectivity index (χ0) is 18.8. The van der Waals surface area contributed by atoms with Gasteiger partial charge in [0.15, 0.2) is 0 Å². The molecule has 7 nitrogen and oxygen atoms in total. The van der Waals surface area contributed by atoms with Crippen LogP contribution in [0.1, 0.15) is 29.0 Å². The maximum Gasteiger partial charge on any atom is 0.251 e. The minimum Gasteiger partial charge on any atom is -0.467 e. The van der Waals surface area contributed by atoms with Crippen molar-refractivity contribution in [3.8, 4) is 0 Å². The van der Waals surface area contributed by atoms with E-state index in [9.17, 15) is 14.4 Å². The molecule has 0 radical (unpaired) electrons. The third-order valence-corrected chi connectivity index (χ3v) is 4.90. The van der Waals surface area contributed by atoms with Crippen LogP contribution in [0.5, 0.6) is 0 Å². The highest BCUT2D eigenvalue weighted by molar-refractivity contribution is 6.05. The Balaban J connectivity index is 1.51. The minimum atomic E-state index is -0.361. The van der Waals surface area contributed by atoms with Crippen molar-refractivity contribution in [2.75, 3.05) is 5.01 Å². The summed E-state index contributed by atoms with van der Waals surface area (Å²) in [6.45, 7) is 0.269. The summed E-state index contributed by atoms with van der Waals surface area (Å²) >= 11 is 0. The van der Waals surface area contributed by atoms with Gasteiger partial charge in [0.25, 0.3) is 5.91 Å². The zero-order valence-corrected chi connectivity index (χ0v) is 14.6. The fourth-order valence-electron chi connectivity index (χ4n) is 3.45. The maximum atomic E-state index is 12.8. The van der Waals surface area contributed by atoms with Crippen molar-refractivity contribution in [2.24, 2.45) is 11.8 Å². The summed E-state index contributed by atoms with van der Waals surface area (Å²) in [6, 6.07) is 10.1. The number of hydrazine groups is 1. The first-order valence-electron chi connectivity index (χ1n) is 8.83. The normalized spacial score (nSPS) is 21.6. The van der Waals surface area contributed by atoms with Gasteiger partial charge in [0, 0.05) is 5.56 Å². The first-order chi connectivity index (χ1) is 13.1. The van der Waals surface area contributed by atoms with E-state index in [0.717, 1.165) is 0 Å². The van der Waals surface area contributed by atoms with E-state index in [2.05, 4.69) is 10.7 Å². The van der Waals surface area contributed by atoms with Gasteiger partial charge in [0.1, 0.15) is 5.76 Å². The van der Waals surface area contributed by atoms with Crippen molar-refractivity contribution in [1.82, 2.24) is 10.7 Å². The maximum absolute atomic E-state index is 12.8. The monoisotopic (exact) mass is 365 g/mol. The highest BCUT2D eigenvalue weighted by atomic mass is 16.3. The molecule has 3 amide bonds. The number of hydrogen-bond acceptors (Lipinski definition) is 4. The molecule has 0 spiro atoms. The number of nitrogens with one attached hydrogen (secondary N) is 2. The standard InChI is InChI=1S/C20H19N3O4/c24-18(21-12-15-7-4-10-27-15)13-5-3-6-14(11-13)23-20(26)17-9-2-1-8-16(17)19(25)22-23/h1-7,10-11,16-17H,8-9,12H2,(H,21,24)(H,22,25)/t16-,17-/m1/s1. The second kappa shape index (κ2) is 7.11. The molecule has 138 valence electrons. The van der Waals surface area contributed by atoms with Crippen LogP contribution in [0.2, 0.25) is 0 Å². The van der Waals surface area contributed by atoms with Crippen molar-refractivity contribution >= 4 is 23.4 Å². The molecule has 1 aromatic carbocycles. The topological polar surface area (TPSA) is 91.7 Å². The van der Waals surface area contributed by atoms with Crippen LogP contribution in [0.25, 0.3) is 0 Å². The molecular formula is C20H19N3O4. The Bertz CT molecular complexity index is 904. The predicted octanol–water partition coefficient (Wildman–Crippen LogP) is 2.17. The minimum absolute atomic E-state index is 0.155. The zero-order valence-electron chi connectivity index (χ0n) is 14.6. The van der Waals surface area contributed by atoms with E-state index < -0.39 is 0 Å². The molecule has 0 bridgehead atoms. The molecular weight excluding hydrogens is 346 g/mol. The van der Waals surface area contributed by atoms with Crippen LogP contribution < -0.4 is 15.8 Å². The summed E-state index contributed by atoms with van der Waals surface area (Å²) in [4.78, 5) is 37.6. The van der Waals surface area contributed by atoms with Crippen molar-refractivity contribution in [3.05, 3.63) is 66.1 Å². The van der Waals surface area contributed by atoms with Gasteiger partial charge in [-0.25, -0.2) is 5.01 Å². The molecule has 2 heterocycles. The number of hydrogen-bond donors (Lipinski definition) is 2. The number of fused-ring (bicyclic) bond motifs is 1. The molecule has 2 aliphatic rings. The summed E-state index contributed by atoms with van der Waals surface area (Å²) in [6.07, 6.45) is 6.55. The largest absolute Gasteiger partial charge is 0.467 e. The number of amides is 3. The number of carbonyl (C=O) groups excluding carboxylic acids is 3. The number of furan rings is 1. The molecule has 0 unspecified atom stereocenters. The van der Waals surface area contributed by atoms with Gasteiger partial charge in [-0.15, -0.1) is 0 Å². The Morgan fingerprint density at radius 3 is 2.74 bits per heavy atom. The Kier molecular flexibility index (Phi) is 4.50. The summed E-state index contributed by atoms with van der Waals surface area (Å²) in [5.41, 5.74) is 3.53. The van der Waals surface area contributed by atoms with E-state index in [1.165, 1.54) is 5.01 Å². The molecule has 27 heavy (non-hydrogen) atoms. The van der Waals surface area contributed by atoms with Crippen LogP contribution in [-0.2, 0) is 16.1 Å². The number of nitrogens with zero attached hydrogens (tertiary/aromatic N) is 1. The SMILES string of the molecule is O=C(NCc1ccco1)c1cccc(N2NC(=O)[C@@H]3CC=CC[C@H]3C2=O)c1. The van der Waals surface area contributed by atoms with Gasteiger partial charge in [0.05, 0.1) is 30.3 Å². The molecule has 2 atom stereocenters. The van der Waals surface area contributed by atoms with Gasteiger partial charge >= 0.3 is 0 Å². The molecule has 1 aliphatic carbocycles.